The van der Waals surface area contributed by atoms with E-state index in [1.165, 1.54) is 18.5 Å². The van der Waals surface area contributed by atoms with E-state index in [0.717, 1.165) is 6.26 Å². The molecule has 0 aromatic carbocycles. The average Bonchev–Trinajstić information content (AvgIpc) is 2.29. The second-order valence-corrected chi connectivity index (χ2v) is 3.11. The van der Waals surface area contributed by atoms with Crippen LogP contribution in [0.15, 0.2) is 49.8 Å². The maximum absolute atomic E-state index is 10.1. The second kappa shape index (κ2) is 16.1. The Morgan fingerprint density at radius 1 is 1.37 bits per heavy atom. The Morgan fingerprint density at radius 2 is 1.79 bits per heavy atom. The molecule has 1 unspecified atom stereocenters. The van der Waals surface area contributed by atoms with Crippen LogP contribution >= 0.6 is 11.6 Å². The van der Waals surface area contributed by atoms with Crippen LogP contribution in [0.2, 0.25) is 0 Å². The summed E-state index contributed by atoms with van der Waals surface area (Å²) in [6, 6.07) is 0. The third-order valence-corrected chi connectivity index (χ3v) is 1.32. The van der Waals surface area contributed by atoms with Crippen LogP contribution in [0, 0.1) is 0 Å². The summed E-state index contributed by atoms with van der Waals surface area (Å²) in [5.41, 5.74) is 1.03. The lowest BCUT2D eigenvalue weighted by atomic mass is 10.1. The maximum Gasteiger partial charge on any atom is 0.333 e. The van der Waals surface area contributed by atoms with Gasteiger partial charge < -0.3 is 14.9 Å². The lowest BCUT2D eigenvalue weighted by Gasteiger charge is -2.05. The first kappa shape index (κ1) is 22.3. The fourth-order valence-corrected chi connectivity index (χ4v) is 0.560. The van der Waals surface area contributed by atoms with E-state index in [9.17, 15) is 9.59 Å². The number of hydrogen-bond donors (Lipinski definition) is 2. The van der Waals surface area contributed by atoms with Gasteiger partial charge in [-0.05, 0) is 12.0 Å². The molecule has 0 saturated heterocycles. The van der Waals surface area contributed by atoms with Crippen LogP contribution in [0.3, 0.4) is 0 Å². The number of aliphatic carboxylic acids is 1. The number of carboxylic acid groups (broad SMARTS) is 1. The van der Waals surface area contributed by atoms with E-state index in [1.54, 1.807) is 0 Å². The molecule has 0 aliphatic heterocycles. The third kappa shape index (κ3) is 21.9. The van der Waals surface area contributed by atoms with E-state index in [-0.39, 0.29) is 18.0 Å². The Labute approximate surface area is 118 Å². The highest BCUT2D eigenvalue weighted by atomic mass is 35.5. The monoisotopic (exact) mass is 290 g/mol. The molecular formula is C13H19ClO5. The first-order valence-corrected chi connectivity index (χ1v) is 5.42. The largest absolute Gasteiger partial charge is 0.478 e. The van der Waals surface area contributed by atoms with Gasteiger partial charge in [0.15, 0.2) is 0 Å². The van der Waals surface area contributed by atoms with Crippen LogP contribution in [-0.4, -0.2) is 28.3 Å². The van der Waals surface area contributed by atoms with Crippen LogP contribution in [0.1, 0.15) is 13.3 Å². The van der Waals surface area contributed by atoms with E-state index in [2.05, 4.69) is 31.1 Å². The Balaban J connectivity index is -0.000000242. The summed E-state index contributed by atoms with van der Waals surface area (Å²) >= 11 is 4.76. The molecule has 6 heteroatoms. The number of carbonyl (C=O) groups excluding carboxylic acids is 1. The molecule has 0 rings (SSSR count). The summed E-state index contributed by atoms with van der Waals surface area (Å²) < 4.78 is 4.17. The summed E-state index contributed by atoms with van der Waals surface area (Å²) in [5, 5.41) is 17.2. The van der Waals surface area contributed by atoms with Gasteiger partial charge in [-0.25, -0.2) is 4.79 Å². The third-order valence-electron chi connectivity index (χ3n) is 1.32. The molecule has 0 bridgehead atoms. The van der Waals surface area contributed by atoms with Crippen molar-refractivity contribution in [2.75, 3.05) is 0 Å². The smallest absolute Gasteiger partial charge is 0.333 e. The van der Waals surface area contributed by atoms with Gasteiger partial charge >= 0.3 is 11.9 Å². The topological polar surface area (TPSA) is 83.8 Å². The van der Waals surface area contributed by atoms with Crippen molar-refractivity contribution in [1.29, 1.82) is 0 Å². The Morgan fingerprint density at radius 3 is 1.95 bits per heavy atom. The minimum Gasteiger partial charge on any atom is -0.478 e. The quantitative estimate of drug-likeness (QED) is 0.352. The molecule has 0 amide bonds. The van der Waals surface area contributed by atoms with Crippen molar-refractivity contribution in [3.05, 3.63) is 49.8 Å². The molecule has 0 heterocycles. The van der Waals surface area contributed by atoms with E-state index >= 15 is 0 Å². The molecule has 0 aromatic heterocycles. The number of rotatable bonds is 5. The van der Waals surface area contributed by atoms with Gasteiger partial charge in [0.2, 0.25) is 0 Å². The van der Waals surface area contributed by atoms with Gasteiger partial charge in [-0.15, -0.1) is 6.58 Å². The van der Waals surface area contributed by atoms with Crippen LogP contribution in [-0.2, 0) is 14.3 Å². The molecule has 0 saturated carbocycles. The summed E-state index contributed by atoms with van der Waals surface area (Å²) in [6.07, 6.45) is 1.77. The molecule has 19 heavy (non-hydrogen) atoms. The van der Waals surface area contributed by atoms with Gasteiger partial charge in [-0.1, -0.05) is 37.4 Å². The Bertz CT molecular complexity index is 323. The van der Waals surface area contributed by atoms with Crippen molar-refractivity contribution < 1.29 is 24.5 Å². The van der Waals surface area contributed by atoms with Gasteiger partial charge in [-0.2, -0.15) is 0 Å². The minimum atomic E-state index is -1.17. The first-order valence-electron chi connectivity index (χ1n) is 4.98. The van der Waals surface area contributed by atoms with E-state index < -0.39 is 12.1 Å². The zero-order valence-electron chi connectivity index (χ0n) is 10.8. The molecule has 5 nitrogen and oxygen atoms in total. The molecule has 2 N–H and O–H groups in total. The number of aliphatic hydroxyl groups is 1. The average molecular weight is 291 g/mol. The minimum absolute atomic E-state index is 0.195. The molecule has 0 fully saturated rings. The van der Waals surface area contributed by atoms with Gasteiger partial charge in [0.1, 0.15) is 0 Å². The van der Waals surface area contributed by atoms with Gasteiger partial charge in [0.05, 0.1) is 17.9 Å². The van der Waals surface area contributed by atoms with Crippen LogP contribution in [0.25, 0.3) is 0 Å². The zero-order valence-corrected chi connectivity index (χ0v) is 11.6. The van der Waals surface area contributed by atoms with Crippen molar-refractivity contribution >= 4 is 23.5 Å². The van der Waals surface area contributed by atoms with E-state index in [0.29, 0.717) is 0 Å². The number of aliphatic hydroxyl groups excluding tert-OH is 1. The number of esters is 1. The summed E-state index contributed by atoms with van der Waals surface area (Å²) in [4.78, 5) is 19.9. The molecule has 1 atom stereocenters. The van der Waals surface area contributed by atoms with Crippen molar-refractivity contribution in [3.8, 4) is 0 Å². The highest BCUT2D eigenvalue weighted by molar-refractivity contribution is 6.25. The van der Waals surface area contributed by atoms with Crippen molar-refractivity contribution in [1.82, 2.24) is 0 Å². The zero-order chi connectivity index (χ0) is 15.8. The predicted molar refractivity (Wildman–Crippen MR) is 75.6 cm³/mol. The summed E-state index contributed by atoms with van der Waals surface area (Å²) in [5.74, 6) is -1.50. The molecule has 0 radical (unpaired) electrons. The summed E-state index contributed by atoms with van der Waals surface area (Å²) in [7, 11) is 0. The molecular weight excluding hydrogens is 272 g/mol. The molecule has 0 spiro atoms. The number of hydrogen-bond acceptors (Lipinski definition) is 4. The standard InChI is InChI=1S/C7H10O3.C4H6O2.C2H3Cl/c1-3-4-6(8)5(2)7(9)10;1-3-6-4(2)5;1-2-3/h3,6,8H,1-2,4H2,(H,9,10);3H,1H2,2H3;2H,1H2. The number of ether oxygens (including phenoxy) is 1. The number of carbonyl (C=O) groups is 2. The maximum atomic E-state index is 10.1. The van der Waals surface area contributed by atoms with Gasteiger partial charge in [0.25, 0.3) is 0 Å². The number of carboxylic acids is 1. The number of halogens is 1. The fraction of sp³-hybridized carbons (Fsp3) is 0.231. The van der Waals surface area contributed by atoms with Crippen LogP contribution in [0.4, 0.5) is 0 Å². The molecule has 108 valence electrons. The lowest BCUT2D eigenvalue weighted by Crippen LogP contribution is -2.15. The van der Waals surface area contributed by atoms with E-state index in [4.69, 9.17) is 21.8 Å². The van der Waals surface area contributed by atoms with Crippen LogP contribution in [0.5, 0.6) is 0 Å². The molecule has 0 aliphatic rings. The predicted octanol–water partition coefficient (Wildman–Crippen LogP) is 2.63. The van der Waals surface area contributed by atoms with Crippen molar-refractivity contribution in [2.45, 2.75) is 19.4 Å². The highest BCUT2D eigenvalue weighted by Gasteiger charge is 2.12. The fourth-order valence-electron chi connectivity index (χ4n) is 0.560. The SMILES string of the molecule is C=CCC(O)C(=C)C(=O)O.C=CCl.C=COC(C)=O. The molecule has 0 aliphatic carbocycles. The summed E-state index contributed by atoms with van der Waals surface area (Å²) in [6.45, 7) is 14.1. The lowest BCUT2D eigenvalue weighted by molar-refractivity contribution is -0.135. The van der Waals surface area contributed by atoms with Crippen LogP contribution < -0.4 is 0 Å². The van der Waals surface area contributed by atoms with Gasteiger partial charge in [-0.3, -0.25) is 4.79 Å². The highest BCUT2D eigenvalue weighted by Crippen LogP contribution is 2.03. The first-order chi connectivity index (χ1) is 8.78. The van der Waals surface area contributed by atoms with E-state index in [1.807, 2.05) is 0 Å². The van der Waals surface area contributed by atoms with Gasteiger partial charge in [0, 0.05) is 6.92 Å². The van der Waals surface area contributed by atoms with Crippen molar-refractivity contribution in [3.63, 3.8) is 0 Å². The van der Waals surface area contributed by atoms with Crippen molar-refractivity contribution in [2.24, 2.45) is 0 Å². The Hall–Kier alpha value is -1.85. The normalized spacial score (nSPS) is 9.21. The molecule has 0 aromatic rings. The second-order valence-electron chi connectivity index (χ2n) is 2.80. The Kier molecular flexibility index (Phi) is 19.0.